The SMILES string of the molecule is CC.COC(=O)c1ccc2cc(CBr)ccc2c1. The normalized spacial score (nSPS) is 9.56. The van der Waals surface area contributed by atoms with E-state index in [1.54, 1.807) is 6.07 Å². The first-order chi connectivity index (χ1) is 8.74. The van der Waals surface area contributed by atoms with Gasteiger partial charge < -0.3 is 4.74 Å². The summed E-state index contributed by atoms with van der Waals surface area (Å²) in [5.41, 5.74) is 1.81. The summed E-state index contributed by atoms with van der Waals surface area (Å²) >= 11 is 3.42. The van der Waals surface area contributed by atoms with Crippen LogP contribution in [0.2, 0.25) is 0 Å². The van der Waals surface area contributed by atoms with Crippen molar-refractivity contribution in [3.8, 4) is 0 Å². The number of ether oxygens (including phenoxy) is 1. The van der Waals surface area contributed by atoms with E-state index in [2.05, 4.69) is 26.7 Å². The van der Waals surface area contributed by atoms with Gasteiger partial charge in [-0.3, -0.25) is 0 Å². The van der Waals surface area contributed by atoms with Crippen molar-refractivity contribution in [2.24, 2.45) is 0 Å². The van der Waals surface area contributed by atoms with Gasteiger partial charge in [0.15, 0.2) is 0 Å². The quantitative estimate of drug-likeness (QED) is 0.601. The Labute approximate surface area is 116 Å². The molecule has 0 radical (unpaired) electrons. The molecule has 0 bridgehead atoms. The van der Waals surface area contributed by atoms with Gasteiger partial charge in [-0.15, -0.1) is 0 Å². The lowest BCUT2D eigenvalue weighted by atomic mass is 10.0. The molecule has 0 atom stereocenters. The second kappa shape index (κ2) is 7.17. The molecule has 2 nitrogen and oxygen atoms in total. The molecule has 0 fully saturated rings. The zero-order chi connectivity index (χ0) is 13.5. The van der Waals surface area contributed by atoms with Crippen molar-refractivity contribution in [1.29, 1.82) is 0 Å². The fourth-order valence-corrected chi connectivity index (χ4v) is 1.97. The molecule has 2 rings (SSSR count). The molecule has 2 aromatic carbocycles. The molecule has 0 saturated carbocycles. The highest BCUT2D eigenvalue weighted by Crippen LogP contribution is 2.19. The molecule has 0 amide bonds. The van der Waals surface area contributed by atoms with Gasteiger partial charge in [-0.25, -0.2) is 4.79 Å². The lowest BCUT2D eigenvalue weighted by Crippen LogP contribution is -2.00. The molecule has 0 aliphatic heterocycles. The lowest BCUT2D eigenvalue weighted by Gasteiger charge is -2.03. The zero-order valence-electron chi connectivity index (χ0n) is 10.9. The number of alkyl halides is 1. The maximum absolute atomic E-state index is 11.4. The van der Waals surface area contributed by atoms with Crippen LogP contribution in [0, 0.1) is 0 Å². The molecule has 3 heteroatoms. The Morgan fingerprint density at radius 3 is 2.33 bits per heavy atom. The number of esters is 1. The van der Waals surface area contributed by atoms with Gasteiger partial charge >= 0.3 is 5.97 Å². The highest BCUT2D eigenvalue weighted by atomic mass is 79.9. The van der Waals surface area contributed by atoms with Gasteiger partial charge in [0.2, 0.25) is 0 Å². The number of carbonyl (C=O) groups excluding carboxylic acids is 1. The Balaban J connectivity index is 0.000000771. The maximum Gasteiger partial charge on any atom is 0.337 e. The molecular formula is C15H17BrO2. The van der Waals surface area contributed by atoms with E-state index in [1.807, 2.05) is 38.1 Å². The van der Waals surface area contributed by atoms with Crippen molar-refractivity contribution >= 4 is 32.7 Å². The molecule has 0 unspecified atom stereocenters. The maximum atomic E-state index is 11.4. The second-order valence-corrected chi connectivity index (χ2v) is 4.08. The molecule has 0 aliphatic rings. The average molecular weight is 309 g/mol. The fourth-order valence-electron chi connectivity index (χ4n) is 1.62. The van der Waals surface area contributed by atoms with Crippen LogP contribution in [0.1, 0.15) is 29.8 Å². The topological polar surface area (TPSA) is 26.3 Å². The summed E-state index contributed by atoms with van der Waals surface area (Å²) in [6.07, 6.45) is 0. The monoisotopic (exact) mass is 308 g/mol. The molecule has 0 N–H and O–H groups in total. The predicted molar refractivity (Wildman–Crippen MR) is 79.3 cm³/mol. The van der Waals surface area contributed by atoms with Gasteiger partial charge in [-0.2, -0.15) is 0 Å². The summed E-state index contributed by atoms with van der Waals surface area (Å²) < 4.78 is 4.68. The van der Waals surface area contributed by atoms with Gasteiger partial charge in [0, 0.05) is 5.33 Å². The molecule has 96 valence electrons. The minimum atomic E-state index is -0.300. The third kappa shape index (κ3) is 3.33. The van der Waals surface area contributed by atoms with E-state index < -0.39 is 0 Å². The molecule has 2 aromatic rings. The molecule has 0 saturated heterocycles. The first-order valence-corrected chi connectivity index (χ1v) is 7.03. The number of fused-ring (bicyclic) bond motifs is 1. The lowest BCUT2D eigenvalue weighted by molar-refractivity contribution is 0.0601. The van der Waals surface area contributed by atoms with Crippen LogP contribution in [-0.4, -0.2) is 13.1 Å². The zero-order valence-corrected chi connectivity index (χ0v) is 12.5. The Bertz CT molecular complexity index is 535. The Morgan fingerprint density at radius 2 is 1.72 bits per heavy atom. The third-order valence-corrected chi connectivity index (χ3v) is 3.13. The van der Waals surface area contributed by atoms with Gasteiger partial charge in [0.1, 0.15) is 0 Å². The molecule has 0 aliphatic carbocycles. The Hall–Kier alpha value is -1.35. The second-order valence-electron chi connectivity index (χ2n) is 3.52. The van der Waals surface area contributed by atoms with Gasteiger partial charge in [-0.1, -0.05) is 54.0 Å². The Morgan fingerprint density at radius 1 is 1.11 bits per heavy atom. The van der Waals surface area contributed by atoms with Crippen molar-refractivity contribution in [3.05, 3.63) is 47.5 Å². The summed E-state index contributed by atoms with van der Waals surface area (Å²) in [5, 5.41) is 3.01. The first-order valence-electron chi connectivity index (χ1n) is 5.91. The first kappa shape index (κ1) is 14.7. The van der Waals surface area contributed by atoms with Crippen molar-refractivity contribution in [1.82, 2.24) is 0 Å². The van der Waals surface area contributed by atoms with Crippen molar-refractivity contribution in [3.63, 3.8) is 0 Å². The van der Waals surface area contributed by atoms with Crippen molar-refractivity contribution in [2.45, 2.75) is 19.2 Å². The number of methoxy groups -OCH3 is 1. The van der Waals surface area contributed by atoms with E-state index in [4.69, 9.17) is 0 Å². The minimum Gasteiger partial charge on any atom is -0.465 e. The van der Waals surface area contributed by atoms with Crippen LogP contribution >= 0.6 is 15.9 Å². The summed E-state index contributed by atoms with van der Waals surface area (Å²) in [5.74, 6) is -0.300. The number of halogens is 1. The standard InChI is InChI=1S/C13H11BrO2.C2H6/c1-16-13(15)12-5-4-10-6-9(8-14)2-3-11(10)7-12;1-2/h2-7H,8H2,1H3;1-2H3. The highest BCUT2D eigenvalue weighted by Gasteiger charge is 2.05. The number of benzene rings is 2. The number of hydrogen-bond acceptors (Lipinski definition) is 2. The number of carbonyl (C=O) groups is 1. The van der Waals surface area contributed by atoms with Gasteiger partial charge in [0.05, 0.1) is 12.7 Å². The summed E-state index contributed by atoms with van der Waals surface area (Å²) in [7, 11) is 1.39. The van der Waals surface area contributed by atoms with E-state index in [0.717, 1.165) is 16.1 Å². The summed E-state index contributed by atoms with van der Waals surface area (Å²) in [6.45, 7) is 4.00. The smallest absolute Gasteiger partial charge is 0.337 e. The van der Waals surface area contributed by atoms with E-state index in [9.17, 15) is 4.79 Å². The molecule has 18 heavy (non-hydrogen) atoms. The van der Waals surface area contributed by atoms with Crippen LogP contribution in [0.15, 0.2) is 36.4 Å². The minimum absolute atomic E-state index is 0.300. The highest BCUT2D eigenvalue weighted by molar-refractivity contribution is 9.08. The van der Waals surface area contributed by atoms with Crippen LogP contribution in [0.25, 0.3) is 10.8 Å². The predicted octanol–water partition coefficient (Wildman–Crippen LogP) is 4.55. The summed E-state index contributed by atoms with van der Waals surface area (Å²) in [4.78, 5) is 11.4. The van der Waals surface area contributed by atoms with E-state index >= 15 is 0 Å². The fraction of sp³-hybridized carbons (Fsp3) is 0.267. The summed E-state index contributed by atoms with van der Waals surface area (Å²) in [6, 6.07) is 11.7. The van der Waals surface area contributed by atoms with E-state index in [-0.39, 0.29) is 5.97 Å². The van der Waals surface area contributed by atoms with Crippen LogP contribution in [0.4, 0.5) is 0 Å². The van der Waals surface area contributed by atoms with Crippen molar-refractivity contribution < 1.29 is 9.53 Å². The van der Waals surface area contributed by atoms with Crippen LogP contribution in [0.5, 0.6) is 0 Å². The van der Waals surface area contributed by atoms with Crippen molar-refractivity contribution in [2.75, 3.05) is 7.11 Å². The van der Waals surface area contributed by atoms with E-state index in [1.165, 1.54) is 12.7 Å². The molecular weight excluding hydrogens is 292 g/mol. The largest absolute Gasteiger partial charge is 0.465 e. The average Bonchev–Trinajstić information content (AvgIpc) is 2.47. The Kier molecular flexibility index (Phi) is 5.86. The van der Waals surface area contributed by atoms with Crippen LogP contribution in [-0.2, 0) is 10.1 Å². The number of rotatable bonds is 2. The molecule has 0 spiro atoms. The third-order valence-electron chi connectivity index (χ3n) is 2.48. The molecule has 0 heterocycles. The number of hydrogen-bond donors (Lipinski definition) is 0. The molecule has 0 aromatic heterocycles. The van der Waals surface area contributed by atoms with Crippen LogP contribution < -0.4 is 0 Å². The van der Waals surface area contributed by atoms with Crippen LogP contribution in [0.3, 0.4) is 0 Å². The van der Waals surface area contributed by atoms with Gasteiger partial charge in [0.25, 0.3) is 0 Å². The van der Waals surface area contributed by atoms with Gasteiger partial charge in [-0.05, 0) is 28.5 Å². The van der Waals surface area contributed by atoms with E-state index in [0.29, 0.717) is 5.56 Å².